The Balaban J connectivity index is 1.82. The van der Waals surface area contributed by atoms with E-state index >= 15 is 0 Å². The minimum Gasteiger partial charge on any atom is -0.493 e. The second-order valence-corrected chi connectivity index (χ2v) is 7.24. The Bertz CT molecular complexity index is 858. The Kier molecular flexibility index (Phi) is 3.64. The Morgan fingerprint density at radius 1 is 1.36 bits per heavy atom. The molecule has 1 saturated heterocycles. The highest BCUT2D eigenvalue weighted by atomic mass is 79.9. The van der Waals surface area contributed by atoms with E-state index in [0.717, 1.165) is 10.0 Å². The molecule has 2 atom stereocenters. The molecule has 0 radical (unpaired) electrons. The molecule has 0 spiro atoms. The van der Waals surface area contributed by atoms with E-state index in [1.807, 2.05) is 19.1 Å². The van der Waals surface area contributed by atoms with E-state index in [9.17, 15) is 9.18 Å². The molecule has 2 bridgehead atoms. The van der Waals surface area contributed by atoms with Crippen molar-refractivity contribution in [2.45, 2.75) is 25.1 Å². The van der Waals surface area contributed by atoms with Gasteiger partial charge in [0.05, 0.1) is 13.2 Å². The smallest absolute Gasteiger partial charge is 0.325 e. The number of nitrogens with zero attached hydrogens (tertiary/aromatic N) is 1. The van der Waals surface area contributed by atoms with Crippen LogP contribution in [0.2, 0.25) is 0 Å². The molecule has 0 aromatic heterocycles. The number of fused-ring (bicyclic) bond motifs is 4. The molecule has 2 aliphatic heterocycles. The maximum atomic E-state index is 13.3. The first kappa shape index (κ1) is 16.2. The second-order valence-electron chi connectivity index (χ2n) is 6.32. The van der Waals surface area contributed by atoms with Crippen molar-refractivity contribution < 1.29 is 18.7 Å². The first-order valence-electron chi connectivity index (χ1n) is 7.84. The molecule has 2 aromatic rings. The summed E-state index contributed by atoms with van der Waals surface area (Å²) >= 11 is 3.46. The lowest BCUT2D eigenvalue weighted by molar-refractivity contribution is 0.0349. The van der Waals surface area contributed by atoms with Crippen molar-refractivity contribution >= 4 is 27.6 Å². The van der Waals surface area contributed by atoms with Gasteiger partial charge in [0.1, 0.15) is 5.82 Å². The van der Waals surface area contributed by atoms with E-state index in [4.69, 9.17) is 9.47 Å². The van der Waals surface area contributed by atoms with Gasteiger partial charge in [-0.15, -0.1) is 0 Å². The molecule has 2 aliphatic rings. The predicted octanol–water partition coefficient (Wildman–Crippen LogP) is 4.37. The van der Waals surface area contributed by atoms with Crippen LogP contribution in [0.4, 0.5) is 14.9 Å². The minimum absolute atomic E-state index is 0.190. The fourth-order valence-corrected chi connectivity index (χ4v) is 3.99. The van der Waals surface area contributed by atoms with E-state index in [1.54, 1.807) is 19.2 Å². The molecule has 130 valence electrons. The van der Waals surface area contributed by atoms with Crippen LogP contribution in [0.15, 0.2) is 40.9 Å². The lowest BCUT2D eigenvalue weighted by Crippen LogP contribution is -2.65. The molecule has 0 saturated carbocycles. The largest absolute Gasteiger partial charge is 0.493 e. The van der Waals surface area contributed by atoms with Gasteiger partial charge in [-0.3, -0.25) is 4.90 Å². The number of hydrogen-bond acceptors (Lipinski definition) is 3. The summed E-state index contributed by atoms with van der Waals surface area (Å²) in [5.74, 6) is 0.845. The molecule has 1 fully saturated rings. The third-order valence-electron chi connectivity index (χ3n) is 4.61. The van der Waals surface area contributed by atoms with Crippen molar-refractivity contribution in [3.8, 4) is 11.5 Å². The monoisotopic (exact) mass is 406 g/mol. The van der Waals surface area contributed by atoms with Crippen LogP contribution in [-0.4, -0.2) is 18.9 Å². The van der Waals surface area contributed by atoms with Crippen LogP contribution in [0.5, 0.6) is 11.5 Å². The summed E-state index contributed by atoms with van der Waals surface area (Å²) < 4.78 is 25.8. The molecule has 5 nitrogen and oxygen atoms in total. The van der Waals surface area contributed by atoms with Crippen molar-refractivity contribution in [1.82, 2.24) is 5.32 Å². The second kappa shape index (κ2) is 5.62. The quantitative estimate of drug-likeness (QED) is 0.805. The van der Waals surface area contributed by atoms with E-state index in [0.29, 0.717) is 23.6 Å². The van der Waals surface area contributed by atoms with Gasteiger partial charge in [-0.2, -0.15) is 0 Å². The topological polar surface area (TPSA) is 50.8 Å². The Morgan fingerprint density at radius 3 is 2.76 bits per heavy atom. The summed E-state index contributed by atoms with van der Waals surface area (Å²) in [4.78, 5) is 14.3. The van der Waals surface area contributed by atoms with Crippen molar-refractivity contribution in [2.24, 2.45) is 0 Å². The van der Waals surface area contributed by atoms with Crippen LogP contribution in [0.3, 0.4) is 0 Å². The highest BCUT2D eigenvalue weighted by molar-refractivity contribution is 9.10. The van der Waals surface area contributed by atoms with Crippen LogP contribution in [0, 0.1) is 5.82 Å². The zero-order chi connectivity index (χ0) is 17.8. The Labute approximate surface area is 152 Å². The van der Waals surface area contributed by atoms with Gasteiger partial charge in [0.25, 0.3) is 0 Å². The molecule has 2 heterocycles. The fourth-order valence-electron chi connectivity index (χ4n) is 3.53. The molecular formula is C18H16BrFN2O3. The van der Waals surface area contributed by atoms with Crippen LogP contribution in [0.1, 0.15) is 24.9 Å². The number of anilines is 1. The lowest BCUT2D eigenvalue weighted by Gasteiger charge is -2.50. The average Bonchev–Trinajstić information content (AvgIpc) is 2.56. The van der Waals surface area contributed by atoms with E-state index in [-0.39, 0.29) is 17.9 Å². The summed E-state index contributed by atoms with van der Waals surface area (Å²) in [7, 11) is 1.58. The van der Waals surface area contributed by atoms with Gasteiger partial charge in [0.15, 0.2) is 17.2 Å². The Morgan fingerprint density at radius 2 is 2.08 bits per heavy atom. The normalized spacial score (nSPS) is 24.2. The Hall–Kier alpha value is -2.28. The molecule has 2 aromatic carbocycles. The SMILES string of the molecule is COc1cc(Br)cc2c1OC1(C)CC2NC(=O)N1c1ccc(F)cc1. The van der Waals surface area contributed by atoms with Crippen molar-refractivity contribution in [2.75, 3.05) is 12.0 Å². The van der Waals surface area contributed by atoms with Crippen molar-refractivity contribution in [3.63, 3.8) is 0 Å². The standard InChI is InChI=1S/C18H16BrFN2O3/c1-18-9-14(13-7-10(19)8-15(24-2)16(13)25-18)21-17(23)22(18)12-5-3-11(20)4-6-12/h3-8,14H,9H2,1-2H3,(H,21,23). The first-order chi connectivity index (χ1) is 11.9. The number of halogens is 2. The summed E-state index contributed by atoms with van der Waals surface area (Å²) in [5, 5.41) is 3.01. The molecule has 1 N–H and O–H groups in total. The van der Waals surface area contributed by atoms with E-state index in [2.05, 4.69) is 21.2 Å². The molecule has 2 amide bonds. The van der Waals surface area contributed by atoms with Gasteiger partial charge in [-0.05, 0) is 43.3 Å². The zero-order valence-corrected chi connectivity index (χ0v) is 15.3. The number of ether oxygens (including phenoxy) is 2. The van der Waals surface area contributed by atoms with Crippen LogP contribution >= 0.6 is 15.9 Å². The molecule has 7 heteroatoms. The van der Waals surface area contributed by atoms with Crippen molar-refractivity contribution in [1.29, 1.82) is 0 Å². The summed E-state index contributed by atoms with van der Waals surface area (Å²) in [6, 6.07) is 9.07. The van der Waals surface area contributed by atoms with Crippen LogP contribution < -0.4 is 19.7 Å². The van der Waals surface area contributed by atoms with Gasteiger partial charge in [0, 0.05) is 22.1 Å². The maximum absolute atomic E-state index is 13.3. The van der Waals surface area contributed by atoms with Crippen LogP contribution in [0.25, 0.3) is 0 Å². The van der Waals surface area contributed by atoms with E-state index < -0.39 is 5.72 Å². The number of carbonyl (C=O) groups excluding carboxylic acids is 1. The summed E-state index contributed by atoms with van der Waals surface area (Å²) in [5.41, 5.74) is 0.536. The highest BCUT2D eigenvalue weighted by Gasteiger charge is 2.50. The predicted molar refractivity (Wildman–Crippen MR) is 94.5 cm³/mol. The van der Waals surface area contributed by atoms with Gasteiger partial charge in [-0.1, -0.05) is 15.9 Å². The number of amides is 2. The first-order valence-corrected chi connectivity index (χ1v) is 8.63. The third-order valence-corrected chi connectivity index (χ3v) is 5.06. The number of benzene rings is 2. The summed E-state index contributed by atoms with van der Waals surface area (Å²) in [6.45, 7) is 1.85. The fraction of sp³-hybridized carbons (Fsp3) is 0.278. The van der Waals surface area contributed by atoms with E-state index in [1.165, 1.54) is 17.0 Å². The number of carbonyl (C=O) groups is 1. The molecule has 4 rings (SSSR count). The van der Waals surface area contributed by atoms with Gasteiger partial charge in [0.2, 0.25) is 0 Å². The minimum atomic E-state index is -0.904. The van der Waals surface area contributed by atoms with Crippen molar-refractivity contribution in [3.05, 3.63) is 52.3 Å². The van der Waals surface area contributed by atoms with Crippen LogP contribution in [-0.2, 0) is 0 Å². The third kappa shape index (κ3) is 2.54. The maximum Gasteiger partial charge on any atom is 0.325 e. The number of urea groups is 1. The molecule has 2 unspecified atom stereocenters. The number of nitrogens with one attached hydrogen (secondary N) is 1. The summed E-state index contributed by atoms with van der Waals surface area (Å²) in [6.07, 6.45) is 0.558. The number of rotatable bonds is 2. The molecular weight excluding hydrogens is 391 g/mol. The highest BCUT2D eigenvalue weighted by Crippen LogP contribution is 2.50. The molecule has 25 heavy (non-hydrogen) atoms. The molecule has 0 aliphatic carbocycles. The van der Waals surface area contributed by atoms with Gasteiger partial charge in [-0.25, -0.2) is 9.18 Å². The number of methoxy groups -OCH3 is 1. The van der Waals surface area contributed by atoms with Gasteiger partial charge >= 0.3 is 6.03 Å². The zero-order valence-electron chi connectivity index (χ0n) is 13.7. The van der Waals surface area contributed by atoms with Gasteiger partial charge < -0.3 is 14.8 Å². The average molecular weight is 407 g/mol. The number of hydrogen-bond donors (Lipinski definition) is 1. The lowest BCUT2D eigenvalue weighted by atomic mass is 9.90.